The average molecular weight is 321 g/mol. The molecule has 0 radical (unpaired) electrons. The van der Waals surface area contributed by atoms with Gasteiger partial charge in [0.1, 0.15) is 0 Å². The first-order valence-corrected chi connectivity index (χ1v) is 8.66. The fraction of sp³-hybridized carbons (Fsp3) is 1.00. The Labute approximate surface area is 115 Å². The number of halogens is 3. The predicted octanol–water partition coefficient (Wildman–Crippen LogP) is 1.77. The zero-order valence-electron chi connectivity index (χ0n) is 10.6. The minimum absolute atomic E-state index is 0.0320. The van der Waals surface area contributed by atoms with E-state index < -0.39 is 34.0 Å². The normalized spacial score (nSPS) is 20.4. The van der Waals surface area contributed by atoms with E-state index in [0.717, 1.165) is 11.5 Å². The first-order valence-electron chi connectivity index (χ1n) is 5.85. The van der Waals surface area contributed by atoms with Crippen molar-refractivity contribution in [2.75, 3.05) is 30.9 Å². The number of thioether (sulfide) groups is 1. The second-order valence-electron chi connectivity index (χ2n) is 4.50. The van der Waals surface area contributed by atoms with E-state index in [1.807, 2.05) is 0 Å². The Kier molecular flexibility index (Phi) is 5.96. The van der Waals surface area contributed by atoms with E-state index in [0.29, 0.717) is 12.8 Å². The summed E-state index contributed by atoms with van der Waals surface area (Å²) in [6.07, 6.45) is -4.42. The molecule has 0 unspecified atom stereocenters. The molecule has 0 atom stereocenters. The summed E-state index contributed by atoms with van der Waals surface area (Å²) < 4.78 is 66.6. The molecule has 114 valence electrons. The van der Waals surface area contributed by atoms with Gasteiger partial charge in [0.25, 0.3) is 0 Å². The van der Waals surface area contributed by atoms with Gasteiger partial charge in [0.05, 0.1) is 17.8 Å². The van der Waals surface area contributed by atoms with Crippen LogP contribution < -0.4 is 4.72 Å². The van der Waals surface area contributed by atoms with Crippen LogP contribution in [-0.4, -0.2) is 51.1 Å². The summed E-state index contributed by atoms with van der Waals surface area (Å²) in [4.78, 5) is 0. The van der Waals surface area contributed by atoms with Gasteiger partial charge in [-0.1, -0.05) is 0 Å². The quantitative estimate of drug-likeness (QED) is 0.810. The summed E-state index contributed by atoms with van der Waals surface area (Å²) in [7, 11) is -2.42. The smallest absolute Gasteiger partial charge is 0.377 e. The van der Waals surface area contributed by atoms with Gasteiger partial charge in [-0.15, -0.1) is 0 Å². The predicted molar refractivity (Wildman–Crippen MR) is 68.8 cm³/mol. The Morgan fingerprint density at radius 3 is 2.37 bits per heavy atom. The van der Waals surface area contributed by atoms with Gasteiger partial charge in [0, 0.05) is 13.7 Å². The molecule has 0 bridgehead atoms. The van der Waals surface area contributed by atoms with Crippen molar-refractivity contribution in [3.63, 3.8) is 0 Å². The zero-order valence-corrected chi connectivity index (χ0v) is 12.3. The SMILES string of the molecule is COC1(CNS(=O)(=O)CCC(F)(F)F)CCSCC1. The molecule has 1 aliphatic heterocycles. The van der Waals surface area contributed by atoms with Crippen LogP contribution in [0.5, 0.6) is 0 Å². The number of sulfonamides is 1. The van der Waals surface area contributed by atoms with Crippen LogP contribution in [0.1, 0.15) is 19.3 Å². The summed E-state index contributed by atoms with van der Waals surface area (Å²) in [6.45, 7) is 0.0320. The van der Waals surface area contributed by atoms with Crippen LogP contribution in [0.4, 0.5) is 13.2 Å². The van der Waals surface area contributed by atoms with Crippen LogP contribution >= 0.6 is 11.8 Å². The average Bonchev–Trinajstić information content (AvgIpc) is 2.35. The van der Waals surface area contributed by atoms with Crippen LogP contribution in [0.15, 0.2) is 0 Å². The van der Waals surface area contributed by atoms with E-state index in [4.69, 9.17) is 4.74 Å². The molecule has 0 aliphatic carbocycles. The first-order chi connectivity index (χ1) is 8.68. The fourth-order valence-electron chi connectivity index (χ4n) is 1.76. The highest BCUT2D eigenvalue weighted by Crippen LogP contribution is 2.29. The lowest BCUT2D eigenvalue weighted by atomic mass is 9.97. The molecule has 0 aromatic rings. The Morgan fingerprint density at radius 1 is 1.32 bits per heavy atom. The number of nitrogens with one attached hydrogen (secondary N) is 1. The van der Waals surface area contributed by atoms with Crippen molar-refractivity contribution in [1.82, 2.24) is 4.72 Å². The Balaban J connectivity index is 2.49. The molecule has 1 rings (SSSR count). The number of hydrogen-bond donors (Lipinski definition) is 1. The van der Waals surface area contributed by atoms with Crippen LogP contribution in [0, 0.1) is 0 Å². The van der Waals surface area contributed by atoms with Crippen LogP contribution in [0.3, 0.4) is 0 Å². The molecule has 0 aromatic carbocycles. The lowest BCUT2D eigenvalue weighted by Gasteiger charge is -2.35. The van der Waals surface area contributed by atoms with Crippen molar-refractivity contribution in [2.24, 2.45) is 0 Å². The van der Waals surface area contributed by atoms with E-state index in [1.54, 1.807) is 11.8 Å². The molecule has 0 saturated carbocycles. The molecule has 1 heterocycles. The minimum Gasteiger partial charge on any atom is -0.377 e. The summed E-state index contributed by atoms with van der Waals surface area (Å²) in [5.74, 6) is 0.779. The molecule has 0 aromatic heterocycles. The van der Waals surface area contributed by atoms with Crippen molar-refractivity contribution < 1.29 is 26.3 Å². The van der Waals surface area contributed by atoms with Gasteiger partial charge in [-0.25, -0.2) is 13.1 Å². The maximum atomic E-state index is 12.0. The molecule has 19 heavy (non-hydrogen) atoms. The lowest BCUT2D eigenvalue weighted by Crippen LogP contribution is -2.47. The molecular formula is C10H18F3NO3S2. The monoisotopic (exact) mass is 321 g/mol. The highest BCUT2D eigenvalue weighted by atomic mass is 32.2. The second-order valence-corrected chi connectivity index (χ2v) is 7.66. The van der Waals surface area contributed by atoms with Crippen molar-refractivity contribution >= 4 is 21.8 Å². The lowest BCUT2D eigenvalue weighted by molar-refractivity contribution is -0.130. The summed E-state index contributed by atoms with van der Waals surface area (Å²) in [5.41, 5.74) is -0.587. The maximum Gasteiger partial charge on any atom is 0.390 e. The molecule has 9 heteroatoms. The van der Waals surface area contributed by atoms with Gasteiger partial charge < -0.3 is 4.74 Å². The van der Waals surface area contributed by atoms with Crippen molar-refractivity contribution in [2.45, 2.75) is 31.0 Å². The van der Waals surface area contributed by atoms with Gasteiger partial charge >= 0.3 is 6.18 Å². The summed E-state index contributed by atoms with van der Waals surface area (Å²) >= 11 is 1.75. The Hall–Kier alpha value is 0.01000. The fourth-order valence-corrected chi connectivity index (χ4v) is 4.12. The number of hydrogen-bond acceptors (Lipinski definition) is 4. The molecule has 4 nitrogen and oxygen atoms in total. The highest BCUT2D eigenvalue weighted by Gasteiger charge is 2.34. The maximum absolute atomic E-state index is 12.0. The Morgan fingerprint density at radius 2 is 1.89 bits per heavy atom. The third-order valence-electron chi connectivity index (χ3n) is 3.11. The van der Waals surface area contributed by atoms with E-state index >= 15 is 0 Å². The third kappa shape index (κ3) is 6.33. The van der Waals surface area contributed by atoms with Gasteiger partial charge in [-0.05, 0) is 24.3 Å². The standard InChI is InChI=1S/C10H18F3NO3S2/c1-17-9(2-5-18-6-3-9)8-14-19(15,16)7-4-10(11,12)13/h14H,2-8H2,1H3. The molecular weight excluding hydrogens is 303 g/mol. The Bertz CT molecular complexity index is 378. The topological polar surface area (TPSA) is 55.4 Å². The van der Waals surface area contributed by atoms with Gasteiger partial charge in [0.2, 0.25) is 10.0 Å². The van der Waals surface area contributed by atoms with Crippen molar-refractivity contribution in [3.8, 4) is 0 Å². The van der Waals surface area contributed by atoms with E-state index in [1.165, 1.54) is 7.11 Å². The number of rotatable bonds is 6. The van der Waals surface area contributed by atoms with Crippen LogP contribution in [-0.2, 0) is 14.8 Å². The highest BCUT2D eigenvalue weighted by molar-refractivity contribution is 7.99. The molecule has 0 spiro atoms. The van der Waals surface area contributed by atoms with Gasteiger partial charge in [-0.2, -0.15) is 24.9 Å². The summed E-state index contributed by atoms with van der Waals surface area (Å²) in [5, 5.41) is 0. The second kappa shape index (κ2) is 6.64. The molecule has 0 amide bonds. The molecule has 1 saturated heterocycles. The molecule has 1 fully saturated rings. The van der Waals surface area contributed by atoms with Crippen molar-refractivity contribution in [3.05, 3.63) is 0 Å². The number of alkyl halides is 3. The van der Waals surface area contributed by atoms with E-state index in [2.05, 4.69) is 4.72 Å². The van der Waals surface area contributed by atoms with Crippen LogP contribution in [0.25, 0.3) is 0 Å². The van der Waals surface area contributed by atoms with E-state index in [9.17, 15) is 21.6 Å². The number of ether oxygens (including phenoxy) is 1. The van der Waals surface area contributed by atoms with Crippen molar-refractivity contribution in [1.29, 1.82) is 0 Å². The zero-order chi connectivity index (χ0) is 14.6. The largest absolute Gasteiger partial charge is 0.390 e. The first kappa shape index (κ1) is 17.1. The molecule has 1 N–H and O–H groups in total. The molecule has 1 aliphatic rings. The van der Waals surface area contributed by atoms with Gasteiger partial charge in [-0.3, -0.25) is 0 Å². The minimum atomic E-state index is -4.46. The van der Waals surface area contributed by atoms with E-state index in [-0.39, 0.29) is 6.54 Å². The van der Waals surface area contributed by atoms with Gasteiger partial charge in [0.15, 0.2) is 0 Å². The number of methoxy groups -OCH3 is 1. The third-order valence-corrected chi connectivity index (χ3v) is 5.42. The summed E-state index contributed by atoms with van der Waals surface area (Å²) in [6, 6.07) is 0. The van der Waals surface area contributed by atoms with Crippen LogP contribution in [0.2, 0.25) is 0 Å².